The van der Waals surface area contributed by atoms with E-state index < -0.39 is 11.4 Å². The Bertz CT molecular complexity index is 361. The highest BCUT2D eigenvalue weighted by Crippen LogP contribution is 2.57. The lowest BCUT2D eigenvalue weighted by molar-refractivity contribution is -0.161. The lowest BCUT2D eigenvalue weighted by Crippen LogP contribution is -2.50. The largest absolute Gasteiger partial charge is 0.481 e. The van der Waals surface area contributed by atoms with Gasteiger partial charge in [0, 0.05) is 5.92 Å². The predicted molar refractivity (Wildman–Crippen MR) is 72.9 cm³/mol. The summed E-state index contributed by atoms with van der Waals surface area (Å²) in [5, 5.41) is 9.94. The maximum absolute atomic E-state index is 12.1. The van der Waals surface area contributed by atoms with Crippen molar-refractivity contribution in [3.63, 3.8) is 0 Å². The summed E-state index contributed by atoms with van der Waals surface area (Å²) in [6, 6.07) is 0. The second-order valence-electron chi connectivity index (χ2n) is 7.12. The highest BCUT2D eigenvalue weighted by molar-refractivity contribution is 5.76. The fraction of sp³-hybridized carbons (Fsp3) is 0.938. The Morgan fingerprint density at radius 2 is 1.95 bits per heavy atom. The lowest BCUT2D eigenvalue weighted by Gasteiger charge is -2.44. The molecule has 3 fully saturated rings. The van der Waals surface area contributed by atoms with Gasteiger partial charge < -0.3 is 9.84 Å². The van der Waals surface area contributed by atoms with E-state index in [2.05, 4.69) is 13.8 Å². The number of hydrogen-bond donors (Lipinski definition) is 1. The molecule has 5 unspecified atom stereocenters. The number of aliphatic carboxylic acids is 1. The highest BCUT2D eigenvalue weighted by atomic mass is 16.6. The fourth-order valence-corrected chi connectivity index (χ4v) is 4.84. The maximum Gasteiger partial charge on any atom is 0.310 e. The molecule has 3 heteroatoms. The molecule has 0 amide bonds. The smallest absolute Gasteiger partial charge is 0.310 e. The van der Waals surface area contributed by atoms with Crippen LogP contribution in [-0.4, -0.2) is 23.3 Å². The summed E-state index contributed by atoms with van der Waals surface area (Å²) >= 11 is 0. The van der Waals surface area contributed by atoms with Gasteiger partial charge in [-0.1, -0.05) is 46.0 Å². The molecule has 0 bridgehead atoms. The third kappa shape index (κ3) is 2.10. The van der Waals surface area contributed by atoms with Crippen molar-refractivity contribution in [2.75, 3.05) is 0 Å². The van der Waals surface area contributed by atoms with Crippen LogP contribution in [0.25, 0.3) is 0 Å². The van der Waals surface area contributed by atoms with E-state index in [0.29, 0.717) is 12.0 Å². The minimum Gasteiger partial charge on any atom is -0.481 e. The summed E-state index contributed by atoms with van der Waals surface area (Å²) in [6.07, 6.45) is 8.73. The molecule has 1 heterocycles. The number of hydrogen-bond acceptors (Lipinski definition) is 2. The second-order valence-corrected chi connectivity index (χ2v) is 7.12. The Labute approximate surface area is 115 Å². The third-order valence-electron chi connectivity index (χ3n) is 6.14. The van der Waals surface area contributed by atoms with Crippen LogP contribution in [0.5, 0.6) is 0 Å². The van der Waals surface area contributed by atoms with Crippen molar-refractivity contribution in [2.24, 2.45) is 23.2 Å². The highest BCUT2D eigenvalue weighted by Gasteiger charge is 2.62. The van der Waals surface area contributed by atoms with Gasteiger partial charge in [-0.15, -0.1) is 0 Å². The van der Waals surface area contributed by atoms with Crippen LogP contribution < -0.4 is 0 Å². The zero-order valence-electron chi connectivity index (χ0n) is 12.1. The first-order valence-corrected chi connectivity index (χ1v) is 7.94. The van der Waals surface area contributed by atoms with Crippen LogP contribution in [0.3, 0.4) is 0 Å². The standard InChI is InChI=1S/C16H26O3/c1-10-8-13-14(19-13)11(2)16(10,15(17)18)9-12-6-4-3-5-7-12/h10-14H,3-9H2,1-2H3,(H,17,18). The van der Waals surface area contributed by atoms with Gasteiger partial charge >= 0.3 is 5.97 Å². The molecular weight excluding hydrogens is 240 g/mol. The number of ether oxygens (including phenoxy) is 1. The molecule has 2 saturated carbocycles. The number of epoxide rings is 1. The van der Waals surface area contributed by atoms with Crippen LogP contribution in [0.15, 0.2) is 0 Å². The molecular formula is C16H26O3. The Balaban J connectivity index is 1.82. The molecule has 1 aliphatic heterocycles. The topological polar surface area (TPSA) is 49.8 Å². The van der Waals surface area contributed by atoms with Crippen LogP contribution in [0, 0.1) is 23.2 Å². The minimum absolute atomic E-state index is 0.167. The number of carboxylic acids is 1. The zero-order valence-corrected chi connectivity index (χ0v) is 12.1. The number of carbonyl (C=O) groups is 1. The molecule has 0 aromatic heterocycles. The van der Waals surface area contributed by atoms with Crippen LogP contribution in [0.2, 0.25) is 0 Å². The summed E-state index contributed by atoms with van der Waals surface area (Å²) in [4.78, 5) is 12.1. The molecule has 19 heavy (non-hydrogen) atoms. The molecule has 3 rings (SSSR count). The molecule has 3 nitrogen and oxygen atoms in total. The van der Waals surface area contributed by atoms with E-state index in [1.807, 2.05) is 0 Å². The van der Waals surface area contributed by atoms with Gasteiger partial charge in [-0.2, -0.15) is 0 Å². The average Bonchev–Trinajstić information content (AvgIpc) is 3.14. The zero-order chi connectivity index (χ0) is 13.6. The third-order valence-corrected chi connectivity index (χ3v) is 6.14. The monoisotopic (exact) mass is 266 g/mol. The van der Waals surface area contributed by atoms with Crippen molar-refractivity contribution in [3.8, 4) is 0 Å². The summed E-state index contributed by atoms with van der Waals surface area (Å²) in [6.45, 7) is 4.24. The summed E-state index contributed by atoms with van der Waals surface area (Å²) in [7, 11) is 0. The fourth-order valence-electron chi connectivity index (χ4n) is 4.84. The quantitative estimate of drug-likeness (QED) is 0.796. The Morgan fingerprint density at radius 1 is 1.26 bits per heavy atom. The van der Waals surface area contributed by atoms with Crippen molar-refractivity contribution in [3.05, 3.63) is 0 Å². The first kappa shape index (κ1) is 13.4. The summed E-state index contributed by atoms with van der Waals surface area (Å²) in [5.74, 6) is 0.448. The molecule has 1 N–H and O–H groups in total. The maximum atomic E-state index is 12.1. The molecule has 5 atom stereocenters. The van der Waals surface area contributed by atoms with E-state index in [0.717, 1.165) is 12.8 Å². The van der Waals surface area contributed by atoms with Crippen molar-refractivity contribution >= 4 is 5.97 Å². The molecule has 3 aliphatic rings. The second kappa shape index (κ2) is 4.76. The normalized spacial score (nSPS) is 46.6. The molecule has 0 aromatic rings. The van der Waals surface area contributed by atoms with Gasteiger partial charge in [0.2, 0.25) is 0 Å². The average molecular weight is 266 g/mol. The number of fused-ring (bicyclic) bond motifs is 1. The van der Waals surface area contributed by atoms with Crippen LogP contribution in [-0.2, 0) is 9.53 Å². The molecule has 0 radical (unpaired) electrons. The van der Waals surface area contributed by atoms with Gasteiger partial charge in [0.1, 0.15) is 0 Å². The molecule has 0 aromatic carbocycles. The summed E-state index contributed by atoms with van der Waals surface area (Å²) < 4.78 is 5.69. The van der Waals surface area contributed by atoms with E-state index >= 15 is 0 Å². The van der Waals surface area contributed by atoms with Gasteiger partial charge in [0.05, 0.1) is 17.6 Å². The van der Waals surface area contributed by atoms with Crippen molar-refractivity contribution in [1.29, 1.82) is 0 Å². The molecule has 1 saturated heterocycles. The van der Waals surface area contributed by atoms with Gasteiger partial charge in [-0.25, -0.2) is 0 Å². The van der Waals surface area contributed by atoms with E-state index in [4.69, 9.17) is 4.74 Å². The van der Waals surface area contributed by atoms with Crippen LogP contribution >= 0.6 is 0 Å². The van der Waals surface area contributed by atoms with Crippen molar-refractivity contribution in [2.45, 2.75) is 71.0 Å². The number of rotatable bonds is 3. The van der Waals surface area contributed by atoms with Gasteiger partial charge in [0.15, 0.2) is 0 Å². The molecule has 0 spiro atoms. The van der Waals surface area contributed by atoms with Crippen LogP contribution in [0.4, 0.5) is 0 Å². The number of carboxylic acid groups (broad SMARTS) is 1. The minimum atomic E-state index is -0.577. The van der Waals surface area contributed by atoms with Crippen molar-refractivity contribution in [1.82, 2.24) is 0 Å². The van der Waals surface area contributed by atoms with Crippen LogP contribution in [0.1, 0.15) is 58.8 Å². The molecule has 108 valence electrons. The van der Waals surface area contributed by atoms with E-state index in [1.54, 1.807) is 0 Å². The Hall–Kier alpha value is -0.570. The first-order valence-electron chi connectivity index (χ1n) is 7.94. The van der Waals surface area contributed by atoms with E-state index in [9.17, 15) is 9.90 Å². The van der Waals surface area contributed by atoms with E-state index in [1.165, 1.54) is 32.1 Å². The van der Waals surface area contributed by atoms with Crippen molar-refractivity contribution < 1.29 is 14.6 Å². The SMILES string of the molecule is CC1CC2OC2C(C)C1(CC1CCCCC1)C(=O)O. The summed E-state index contributed by atoms with van der Waals surface area (Å²) in [5.41, 5.74) is -0.542. The van der Waals surface area contributed by atoms with Gasteiger partial charge in [0.25, 0.3) is 0 Å². The Morgan fingerprint density at radius 3 is 2.58 bits per heavy atom. The van der Waals surface area contributed by atoms with Gasteiger partial charge in [-0.05, 0) is 24.7 Å². The lowest BCUT2D eigenvalue weighted by atomic mass is 9.57. The van der Waals surface area contributed by atoms with E-state index in [-0.39, 0.29) is 17.9 Å². The predicted octanol–water partition coefficient (Wildman–Crippen LogP) is 3.47. The first-order chi connectivity index (χ1) is 9.05. The molecule has 2 aliphatic carbocycles. The van der Waals surface area contributed by atoms with Gasteiger partial charge in [-0.3, -0.25) is 4.79 Å². The Kier molecular flexibility index (Phi) is 3.36.